The molecule has 1 aliphatic heterocycles. The summed E-state index contributed by atoms with van der Waals surface area (Å²) in [7, 11) is 4.27. The van der Waals surface area contributed by atoms with Crippen LogP contribution in [-0.4, -0.2) is 47.8 Å². The van der Waals surface area contributed by atoms with E-state index in [1.165, 1.54) is 13.0 Å². The van der Waals surface area contributed by atoms with Crippen molar-refractivity contribution in [2.24, 2.45) is 0 Å². The topological polar surface area (TPSA) is 44.3 Å². The van der Waals surface area contributed by atoms with E-state index in [0.29, 0.717) is 11.4 Å². The van der Waals surface area contributed by atoms with Crippen LogP contribution in [0.2, 0.25) is 0 Å². The zero-order valence-electron chi connectivity index (χ0n) is 21.3. The molecule has 0 spiro atoms. The van der Waals surface area contributed by atoms with E-state index in [2.05, 4.69) is 64.5 Å². The molecule has 1 aromatic heterocycles. The maximum absolute atomic E-state index is 13.4. The Morgan fingerprint density at radius 3 is 2.34 bits per heavy atom. The quantitative estimate of drug-likeness (QED) is 0.456. The number of piperidine rings is 1. The third-order valence-electron chi connectivity index (χ3n) is 7.73. The molecule has 1 fully saturated rings. The summed E-state index contributed by atoms with van der Waals surface area (Å²) >= 11 is 0. The summed E-state index contributed by atoms with van der Waals surface area (Å²) in [5.74, 6) is 0.576. The predicted molar refractivity (Wildman–Crippen MR) is 136 cm³/mol. The summed E-state index contributed by atoms with van der Waals surface area (Å²) in [4.78, 5) is 4.70. The van der Waals surface area contributed by atoms with E-state index in [0.717, 1.165) is 54.2 Å². The molecule has 1 N–H and O–H groups in total. The van der Waals surface area contributed by atoms with E-state index in [4.69, 9.17) is 0 Å². The Balaban J connectivity index is 1.65. The molecule has 0 unspecified atom stereocenters. The second-order valence-corrected chi connectivity index (χ2v) is 10.1. The number of alkyl halides is 3. The van der Waals surface area contributed by atoms with Crippen molar-refractivity contribution in [3.05, 3.63) is 58.8 Å². The molecule has 1 aliphatic rings. The molecule has 188 valence electrons. The van der Waals surface area contributed by atoms with Crippen LogP contribution in [0.4, 0.5) is 24.7 Å². The van der Waals surface area contributed by atoms with Crippen molar-refractivity contribution in [1.82, 2.24) is 15.1 Å². The van der Waals surface area contributed by atoms with E-state index in [1.807, 2.05) is 13.8 Å². The molecular weight excluding hydrogens is 451 g/mol. The van der Waals surface area contributed by atoms with Crippen molar-refractivity contribution in [2.45, 2.75) is 58.3 Å². The molecule has 8 heteroatoms. The number of nitrogens with one attached hydrogen (secondary N) is 1. The third kappa shape index (κ3) is 4.94. The van der Waals surface area contributed by atoms with Gasteiger partial charge in [0, 0.05) is 35.1 Å². The van der Waals surface area contributed by atoms with Gasteiger partial charge in [0.25, 0.3) is 0 Å². The lowest BCUT2D eigenvalue weighted by molar-refractivity contribution is -0.138. The lowest BCUT2D eigenvalue weighted by Crippen LogP contribution is -2.50. The number of hydrogen-bond donors (Lipinski definition) is 1. The van der Waals surface area contributed by atoms with Crippen molar-refractivity contribution < 1.29 is 13.2 Å². The van der Waals surface area contributed by atoms with Gasteiger partial charge in [-0.1, -0.05) is 18.2 Å². The van der Waals surface area contributed by atoms with Gasteiger partial charge in [-0.25, -0.2) is 0 Å². The molecule has 0 amide bonds. The second-order valence-electron chi connectivity index (χ2n) is 10.1. The standard InChI is InChI=1S/C27H34F3N5/c1-17-21(8-7-9-24(17)27(28,29)30)18(2)31-25-23-16-20(10-11-22(23)19(3)32-33-25)35-14-12-26(4,13-15-35)34(5)6/h7-11,16,18H,12-15H2,1-6H3,(H,31,33)/t18-/m1/s1. The van der Waals surface area contributed by atoms with Crippen LogP contribution in [0.15, 0.2) is 36.4 Å². The molecule has 2 heterocycles. The van der Waals surface area contributed by atoms with Crippen LogP contribution in [-0.2, 0) is 6.18 Å². The first-order valence-corrected chi connectivity index (χ1v) is 12.0. The van der Waals surface area contributed by atoms with E-state index in [-0.39, 0.29) is 17.1 Å². The highest BCUT2D eigenvalue weighted by Gasteiger charge is 2.34. The number of anilines is 2. The molecule has 0 radical (unpaired) electrons. The van der Waals surface area contributed by atoms with E-state index in [1.54, 1.807) is 6.07 Å². The SMILES string of the molecule is Cc1c([C@@H](C)Nc2nnc(C)c3ccc(N4CCC(C)(N(C)C)CC4)cc23)cccc1C(F)(F)F. The fraction of sp³-hybridized carbons (Fsp3) is 0.481. The normalized spacial score (nSPS) is 17.1. The van der Waals surface area contributed by atoms with Crippen LogP contribution in [0.25, 0.3) is 10.8 Å². The molecule has 2 aromatic carbocycles. The highest BCUT2D eigenvalue weighted by molar-refractivity contribution is 5.95. The van der Waals surface area contributed by atoms with Crippen LogP contribution in [0.1, 0.15) is 55.1 Å². The molecule has 0 saturated carbocycles. The van der Waals surface area contributed by atoms with Gasteiger partial charge in [0.1, 0.15) is 0 Å². The maximum Gasteiger partial charge on any atom is 0.416 e. The second kappa shape index (κ2) is 9.30. The largest absolute Gasteiger partial charge is 0.416 e. The third-order valence-corrected chi connectivity index (χ3v) is 7.73. The van der Waals surface area contributed by atoms with Crippen LogP contribution in [0, 0.1) is 13.8 Å². The number of benzene rings is 2. The molecule has 0 bridgehead atoms. The summed E-state index contributed by atoms with van der Waals surface area (Å²) < 4.78 is 40.3. The number of nitrogens with zero attached hydrogens (tertiary/aromatic N) is 4. The van der Waals surface area contributed by atoms with Crippen molar-refractivity contribution in [3.8, 4) is 0 Å². The van der Waals surface area contributed by atoms with Gasteiger partial charge >= 0.3 is 6.18 Å². The first kappa shape index (κ1) is 25.2. The Bertz CT molecular complexity index is 1210. The van der Waals surface area contributed by atoms with Gasteiger partial charge in [-0.3, -0.25) is 0 Å². The molecule has 3 aromatic rings. The molecule has 1 saturated heterocycles. The van der Waals surface area contributed by atoms with Gasteiger partial charge in [0.2, 0.25) is 0 Å². The first-order chi connectivity index (χ1) is 16.4. The Labute approximate surface area is 205 Å². The predicted octanol–water partition coefficient (Wildman–Crippen LogP) is 6.36. The summed E-state index contributed by atoms with van der Waals surface area (Å²) in [6.45, 7) is 9.52. The van der Waals surface area contributed by atoms with Crippen LogP contribution < -0.4 is 10.2 Å². The summed E-state index contributed by atoms with van der Waals surface area (Å²) in [5, 5.41) is 13.9. The number of rotatable bonds is 5. The van der Waals surface area contributed by atoms with E-state index < -0.39 is 11.7 Å². The molecule has 0 aliphatic carbocycles. The lowest BCUT2D eigenvalue weighted by atomic mass is 9.88. The van der Waals surface area contributed by atoms with Gasteiger partial charge in [-0.2, -0.15) is 18.3 Å². The number of aromatic nitrogens is 2. The Morgan fingerprint density at radius 1 is 1.03 bits per heavy atom. The number of fused-ring (bicyclic) bond motifs is 1. The molecular formula is C27H34F3N5. The zero-order chi connectivity index (χ0) is 25.5. The minimum absolute atomic E-state index is 0.195. The lowest BCUT2D eigenvalue weighted by Gasteiger charge is -2.44. The minimum atomic E-state index is -4.39. The Kier molecular flexibility index (Phi) is 6.70. The van der Waals surface area contributed by atoms with Gasteiger partial charge < -0.3 is 15.1 Å². The summed E-state index contributed by atoms with van der Waals surface area (Å²) in [6.07, 6.45) is -2.24. The fourth-order valence-corrected chi connectivity index (χ4v) is 4.99. The summed E-state index contributed by atoms with van der Waals surface area (Å²) in [6, 6.07) is 10.3. The van der Waals surface area contributed by atoms with Gasteiger partial charge in [0.05, 0.1) is 17.3 Å². The van der Waals surface area contributed by atoms with Crippen LogP contribution >= 0.6 is 0 Å². The maximum atomic E-state index is 13.4. The van der Waals surface area contributed by atoms with E-state index in [9.17, 15) is 13.2 Å². The highest BCUT2D eigenvalue weighted by atomic mass is 19.4. The monoisotopic (exact) mass is 485 g/mol. The van der Waals surface area contributed by atoms with Crippen LogP contribution in [0.5, 0.6) is 0 Å². The molecule has 4 rings (SSSR count). The zero-order valence-corrected chi connectivity index (χ0v) is 21.3. The van der Waals surface area contributed by atoms with Crippen molar-refractivity contribution >= 4 is 22.3 Å². The first-order valence-electron chi connectivity index (χ1n) is 12.0. The average Bonchev–Trinajstić information content (AvgIpc) is 2.80. The number of halogens is 3. The van der Waals surface area contributed by atoms with Gasteiger partial charge in [-0.05, 0) is 84.0 Å². The van der Waals surface area contributed by atoms with Gasteiger partial charge in [0.15, 0.2) is 5.82 Å². The molecule has 35 heavy (non-hydrogen) atoms. The Hall–Kier alpha value is -2.87. The molecule has 5 nitrogen and oxygen atoms in total. The average molecular weight is 486 g/mol. The van der Waals surface area contributed by atoms with Gasteiger partial charge in [-0.15, -0.1) is 5.10 Å². The summed E-state index contributed by atoms with van der Waals surface area (Å²) in [5.41, 5.74) is 2.34. The van der Waals surface area contributed by atoms with Crippen molar-refractivity contribution in [1.29, 1.82) is 0 Å². The smallest absolute Gasteiger partial charge is 0.371 e. The number of aryl methyl sites for hydroxylation is 1. The van der Waals surface area contributed by atoms with E-state index >= 15 is 0 Å². The van der Waals surface area contributed by atoms with Crippen molar-refractivity contribution in [2.75, 3.05) is 37.4 Å². The number of hydrogen-bond acceptors (Lipinski definition) is 5. The van der Waals surface area contributed by atoms with Crippen LogP contribution in [0.3, 0.4) is 0 Å². The Morgan fingerprint density at radius 2 is 1.71 bits per heavy atom. The molecule has 1 atom stereocenters. The highest BCUT2D eigenvalue weighted by Crippen LogP contribution is 2.37. The van der Waals surface area contributed by atoms with Crippen molar-refractivity contribution in [3.63, 3.8) is 0 Å². The minimum Gasteiger partial charge on any atom is -0.371 e. The fourth-order valence-electron chi connectivity index (χ4n) is 4.99.